The lowest BCUT2D eigenvalue weighted by Gasteiger charge is -2.19. The molecule has 1 aliphatic heterocycles. The molecule has 0 radical (unpaired) electrons. The van der Waals surface area contributed by atoms with Crippen molar-refractivity contribution in [2.24, 2.45) is 0 Å². The lowest BCUT2D eigenvalue weighted by molar-refractivity contribution is -0.117. The standard InChI is InChI=1S/C19H26N4O/c1-14-19(15(2)22-21-14)20-18(24)13-23-11-6-9-17(10-12-23)16-7-4-3-5-8-16/h3-5,7-8,17H,6,9-13H2,1-2H3,(H,20,24)(H,21,22)/t17-/m0/s1. The summed E-state index contributed by atoms with van der Waals surface area (Å²) in [5.41, 5.74) is 3.98. The Labute approximate surface area is 143 Å². The highest BCUT2D eigenvalue weighted by Gasteiger charge is 2.20. The van der Waals surface area contributed by atoms with Gasteiger partial charge in [0.25, 0.3) is 0 Å². The Morgan fingerprint density at radius 3 is 2.75 bits per heavy atom. The number of H-pyrrole nitrogens is 1. The quantitative estimate of drug-likeness (QED) is 0.907. The Bertz CT molecular complexity index is 660. The lowest BCUT2D eigenvalue weighted by Crippen LogP contribution is -2.34. The number of likely N-dealkylation sites (tertiary alicyclic amines) is 1. The molecule has 1 aromatic carbocycles. The van der Waals surface area contributed by atoms with Gasteiger partial charge in [-0.15, -0.1) is 0 Å². The predicted molar refractivity (Wildman–Crippen MR) is 96.2 cm³/mol. The maximum Gasteiger partial charge on any atom is 0.238 e. The maximum atomic E-state index is 12.4. The van der Waals surface area contributed by atoms with Gasteiger partial charge in [0.2, 0.25) is 5.91 Å². The molecule has 5 heteroatoms. The molecule has 3 rings (SSSR count). The first kappa shape index (κ1) is 16.7. The number of aryl methyl sites for hydroxylation is 2. The van der Waals surface area contributed by atoms with E-state index in [-0.39, 0.29) is 5.91 Å². The smallest absolute Gasteiger partial charge is 0.238 e. The number of carbonyl (C=O) groups excluding carboxylic acids is 1. The molecule has 1 fully saturated rings. The number of anilines is 1. The van der Waals surface area contributed by atoms with Crippen LogP contribution in [0.2, 0.25) is 0 Å². The largest absolute Gasteiger partial charge is 0.322 e. The number of nitrogens with one attached hydrogen (secondary N) is 2. The van der Waals surface area contributed by atoms with Crippen molar-refractivity contribution in [3.63, 3.8) is 0 Å². The number of aromatic nitrogens is 2. The van der Waals surface area contributed by atoms with Gasteiger partial charge >= 0.3 is 0 Å². The molecule has 5 nitrogen and oxygen atoms in total. The van der Waals surface area contributed by atoms with Crippen LogP contribution in [-0.2, 0) is 4.79 Å². The van der Waals surface area contributed by atoms with Gasteiger partial charge in [-0.1, -0.05) is 30.3 Å². The van der Waals surface area contributed by atoms with E-state index in [0.29, 0.717) is 12.5 Å². The Balaban J connectivity index is 1.54. The molecule has 24 heavy (non-hydrogen) atoms. The fraction of sp³-hybridized carbons (Fsp3) is 0.474. The molecule has 1 aromatic heterocycles. The number of aromatic amines is 1. The summed E-state index contributed by atoms with van der Waals surface area (Å²) in [4.78, 5) is 14.6. The van der Waals surface area contributed by atoms with Crippen LogP contribution < -0.4 is 5.32 Å². The second-order valence-electron chi connectivity index (χ2n) is 6.67. The van der Waals surface area contributed by atoms with E-state index in [1.807, 2.05) is 13.8 Å². The predicted octanol–water partition coefficient (Wildman–Crippen LogP) is 3.23. The molecule has 1 saturated heterocycles. The van der Waals surface area contributed by atoms with E-state index in [1.165, 1.54) is 12.0 Å². The summed E-state index contributed by atoms with van der Waals surface area (Å²) in [6.45, 7) is 6.23. The Hall–Kier alpha value is -2.14. The average molecular weight is 326 g/mol. The summed E-state index contributed by atoms with van der Waals surface area (Å²) >= 11 is 0. The molecule has 1 atom stereocenters. The molecular weight excluding hydrogens is 300 g/mol. The molecule has 1 amide bonds. The summed E-state index contributed by atoms with van der Waals surface area (Å²) in [5.74, 6) is 0.651. The number of hydrogen-bond donors (Lipinski definition) is 2. The molecule has 1 aliphatic rings. The van der Waals surface area contributed by atoms with Crippen LogP contribution in [0.3, 0.4) is 0 Å². The van der Waals surface area contributed by atoms with Crippen LogP contribution in [0.15, 0.2) is 30.3 Å². The minimum Gasteiger partial charge on any atom is -0.322 e. The number of nitrogens with zero attached hydrogens (tertiary/aromatic N) is 2. The first-order valence-corrected chi connectivity index (χ1v) is 8.72. The zero-order valence-corrected chi connectivity index (χ0v) is 14.5. The van der Waals surface area contributed by atoms with Gasteiger partial charge < -0.3 is 5.32 Å². The highest BCUT2D eigenvalue weighted by molar-refractivity contribution is 5.93. The average Bonchev–Trinajstić information content (AvgIpc) is 2.79. The maximum absolute atomic E-state index is 12.4. The van der Waals surface area contributed by atoms with Gasteiger partial charge in [0.15, 0.2) is 0 Å². The third-order valence-corrected chi connectivity index (χ3v) is 4.85. The van der Waals surface area contributed by atoms with Crippen LogP contribution >= 0.6 is 0 Å². The number of carbonyl (C=O) groups is 1. The third kappa shape index (κ3) is 4.03. The first-order valence-electron chi connectivity index (χ1n) is 8.72. The first-order chi connectivity index (χ1) is 11.6. The monoisotopic (exact) mass is 326 g/mol. The van der Waals surface area contributed by atoms with Crippen molar-refractivity contribution in [1.29, 1.82) is 0 Å². The minimum atomic E-state index is 0.0424. The Morgan fingerprint density at radius 1 is 1.25 bits per heavy atom. The van der Waals surface area contributed by atoms with Gasteiger partial charge in [0, 0.05) is 0 Å². The molecular formula is C19H26N4O. The van der Waals surface area contributed by atoms with Crippen molar-refractivity contribution in [3.8, 4) is 0 Å². The Morgan fingerprint density at radius 2 is 2.04 bits per heavy atom. The van der Waals surface area contributed by atoms with Crippen LogP contribution in [0.5, 0.6) is 0 Å². The van der Waals surface area contributed by atoms with E-state index >= 15 is 0 Å². The molecule has 0 spiro atoms. The zero-order chi connectivity index (χ0) is 16.9. The van der Waals surface area contributed by atoms with Crippen molar-refractivity contribution in [3.05, 3.63) is 47.3 Å². The highest BCUT2D eigenvalue weighted by atomic mass is 16.2. The van der Waals surface area contributed by atoms with Gasteiger partial charge in [-0.3, -0.25) is 14.8 Å². The van der Waals surface area contributed by atoms with Gasteiger partial charge in [0.05, 0.1) is 23.6 Å². The Kier molecular flexibility index (Phi) is 5.30. The second kappa shape index (κ2) is 7.62. The van der Waals surface area contributed by atoms with Crippen LogP contribution in [0.4, 0.5) is 5.69 Å². The van der Waals surface area contributed by atoms with Gasteiger partial charge in [-0.25, -0.2) is 0 Å². The summed E-state index contributed by atoms with van der Waals surface area (Å²) in [6, 6.07) is 10.7. The van der Waals surface area contributed by atoms with E-state index < -0.39 is 0 Å². The fourth-order valence-electron chi connectivity index (χ4n) is 3.49. The number of benzene rings is 1. The molecule has 2 aromatic rings. The second-order valence-corrected chi connectivity index (χ2v) is 6.67. The molecule has 0 saturated carbocycles. The number of rotatable bonds is 4. The number of amides is 1. The summed E-state index contributed by atoms with van der Waals surface area (Å²) in [6.07, 6.45) is 3.44. The molecule has 0 bridgehead atoms. The van der Waals surface area contributed by atoms with Crippen LogP contribution in [-0.4, -0.2) is 40.6 Å². The lowest BCUT2D eigenvalue weighted by atomic mass is 9.92. The van der Waals surface area contributed by atoms with E-state index in [2.05, 4.69) is 50.7 Å². The van der Waals surface area contributed by atoms with E-state index in [0.717, 1.165) is 43.0 Å². The van der Waals surface area contributed by atoms with E-state index in [1.54, 1.807) is 0 Å². The molecule has 2 N–H and O–H groups in total. The fourth-order valence-corrected chi connectivity index (χ4v) is 3.49. The van der Waals surface area contributed by atoms with Crippen molar-refractivity contribution in [2.75, 3.05) is 25.0 Å². The normalized spacial score (nSPS) is 19.0. The summed E-state index contributed by atoms with van der Waals surface area (Å²) in [5, 5.41) is 10.0. The molecule has 2 heterocycles. The van der Waals surface area contributed by atoms with Crippen LogP contribution in [0.25, 0.3) is 0 Å². The van der Waals surface area contributed by atoms with E-state index in [9.17, 15) is 4.79 Å². The zero-order valence-electron chi connectivity index (χ0n) is 14.5. The van der Waals surface area contributed by atoms with E-state index in [4.69, 9.17) is 0 Å². The van der Waals surface area contributed by atoms with Crippen molar-refractivity contribution < 1.29 is 4.79 Å². The van der Waals surface area contributed by atoms with Gasteiger partial charge in [0.1, 0.15) is 0 Å². The minimum absolute atomic E-state index is 0.0424. The molecule has 128 valence electrons. The van der Waals surface area contributed by atoms with Crippen molar-refractivity contribution >= 4 is 11.6 Å². The SMILES string of the molecule is Cc1n[nH]c(C)c1NC(=O)CN1CCC[C@H](c2ccccc2)CC1. The van der Waals surface area contributed by atoms with Gasteiger partial charge in [-0.2, -0.15) is 5.10 Å². The molecule has 0 aliphatic carbocycles. The highest BCUT2D eigenvalue weighted by Crippen LogP contribution is 2.27. The van der Waals surface area contributed by atoms with Crippen LogP contribution in [0.1, 0.15) is 42.1 Å². The molecule has 0 unspecified atom stereocenters. The van der Waals surface area contributed by atoms with Crippen molar-refractivity contribution in [1.82, 2.24) is 15.1 Å². The van der Waals surface area contributed by atoms with Crippen molar-refractivity contribution in [2.45, 2.75) is 39.0 Å². The summed E-state index contributed by atoms with van der Waals surface area (Å²) in [7, 11) is 0. The van der Waals surface area contributed by atoms with Gasteiger partial charge in [-0.05, 0) is 57.7 Å². The van der Waals surface area contributed by atoms with Crippen LogP contribution in [0, 0.1) is 13.8 Å². The topological polar surface area (TPSA) is 61.0 Å². The number of hydrogen-bond acceptors (Lipinski definition) is 3. The third-order valence-electron chi connectivity index (χ3n) is 4.85. The summed E-state index contributed by atoms with van der Waals surface area (Å²) < 4.78 is 0.